The fourth-order valence-corrected chi connectivity index (χ4v) is 3.68. The second kappa shape index (κ2) is 7.43. The van der Waals surface area contributed by atoms with Crippen molar-refractivity contribution in [3.63, 3.8) is 0 Å². The molecule has 1 aliphatic rings. The zero-order valence-corrected chi connectivity index (χ0v) is 14.8. The monoisotopic (exact) mass is 355 g/mol. The zero-order valence-electron chi connectivity index (χ0n) is 13.2. The van der Waals surface area contributed by atoms with E-state index in [-0.39, 0.29) is 5.56 Å². The lowest BCUT2D eigenvalue weighted by Gasteiger charge is -2.22. The van der Waals surface area contributed by atoms with Crippen LogP contribution in [0.3, 0.4) is 0 Å². The third-order valence-corrected chi connectivity index (χ3v) is 5.57. The summed E-state index contributed by atoms with van der Waals surface area (Å²) in [6, 6.07) is 0.443. The van der Waals surface area contributed by atoms with Crippen molar-refractivity contribution in [1.82, 2.24) is 9.78 Å². The van der Waals surface area contributed by atoms with E-state index >= 15 is 0 Å². The average Bonchev–Trinajstić information content (AvgIpc) is 2.83. The SMILES string of the molecule is CCCCn1ncc(NC2CCC(CC)C2C)c(Br)c1=O. The predicted molar refractivity (Wildman–Crippen MR) is 90.7 cm³/mol. The lowest BCUT2D eigenvalue weighted by Crippen LogP contribution is -2.29. The summed E-state index contributed by atoms with van der Waals surface area (Å²) in [5.74, 6) is 1.43. The first-order valence-corrected chi connectivity index (χ1v) is 8.89. The minimum atomic E-state index is -0.0360. The van der Waals surface area contributed by atoms with Crippen molar-refractivity contribution in [1.29, 1.82) is 0 Å². The number of anilines is 1. The van der Waals surface area contributed by atoms with Crippen molar-refractivity contribution in [3.8, 4) is 0 Å². The van der Waals surface area contributed by atoms with Gasteiger partial charge < -0.3 is 5.32 Å². The molecule has 0 spiro atoms. The summed E-state index contributed by atoms with van der Waals surface area (Å²) in [4.78, 5) is 12.3. The van der Waals surface area contributed by atoms with E-state index in [1.807, 2.05) is 0 Å². The first-order chi connectivity index (χ1) is 10.1. The molecule has 0 aliphatic heterocycles. The van der Waals surface area contributed by atoms with E-state index < -0.39 is 0 Å². The van der Waals surface area contributed by atoms with E-state index in [9.17, 15) is 4.79 Å². The molecule has 0 amide bonds. The molecular weight excluding hydrogens is 330 g/mol. The van der Waals surface area contributed by atoms with Crippen molar-refractivity contribution in [3.05, 3.63) is 21.0 Å². The van der Waals surface area contributed by atoms with Gasteiger partial charge in [-0.15, -0.1) is 0 Å². The number of aryl methyl sites for hydroxylation is 1. The van der Waals surface area contributed by atoms with E-state index in [1.54, 1.807) is 10.9 Å². The zero-order chi connectivity index (χ0) is 15.4. The Bertz CT molecular complexity index is 529. The van der Waals surface area contributed by atoms with Crippen LogP contribution >= 0.6 is 15.9 Å². The summed E-state index contributed by atoms with van der Waals surface area (Å²) < 4.78 is 2.16. The molecule has 0 saturated heterocycles. The molecule has 3 atom stereocenters. The van der Waals surface area contributed by atoms with Gasteiger partial charge in [0.2, 0.25) is 0 Å². The summed E-state index contributed by atoms with van der Waals surface area (Å²) in [7, 11) is 0. The van der Waals surface area contributed by atoms with E-state index in [0.29, 0.717) is 23.0 Å². The molecule has 1 aromatic rings. The summed E-state index contributed by atoms with van der Waals surface area (Å²) in [5.41, 5.74) is 0.799. The molecule has 5 heteroatoms. The van der Waals surface area contributed by atoms with Crippen LogP contribution in [0, 0.1) is 11.8 Å². The van der Waals surface area contributed by atoms with Gasteiger partial charge in [0.25, 0.3) is 5.56 Å². The Morgan fingerprint density at radius 1 is 1.43 bits per heavy atom. The highest BCUT2D eigenvalue weighted by Gasteiger charge is 2.31. The Morgan fingerprint density at radius 2 is 2.19 bits per heavy atom. The molecular formula is C16H26BrN3O. The minimum Gasteiger partial charge on any atom is -0.380 e. The first-order valence-electron chi connectivity index (χ1n) is 8.10. The maximum Gasteiger partial charge on any atom is 0.283 e. The number of unbranched alkanes of at least 4 members (excludes halogenated alkanes) is 1. The van der Waals surface area contributed by atoms with Gasteiger partial charge in [0.15, 0.2) is 0 Å². The number of rotatable bonds is 6. The van der Waals surface area contributed by atoms with Crippen LogP contribution in [-0.4, -0.2) is 15.8 Å². The van der Waals surface area contributed by atoms with Gasteiger partial charge in [0, 0.05) is 12.6 Å². The second-order valence-corrected chi connectivity index (χ2v) is 6.90. The summed E-state index contributed by atoms with van der Waals surface area (Å²) in [6.45, 7) is 7.37. The molecule has 1 saturated carbocycles. The van der Waals surface area contributed by atoms with Crippen LogP contribution in [0.2, 0.25) is 0 Å². The van der Waals surface area contributed by atoms with Crippen LogP contribution in [-0.2, 0) is 6.54 Å². The van der Waals surface area contributed by atoms with Crippen molar-refractivity contribution in [2.75, 3.05) is 5.32 Å². The van der Waals surface area contributed by atoms with Gasteiger partial charge in [0.1, 0.15) is 4.47 Å². The van der Waals surface area contributed by atoms with Gasteiger partial charge in [-0.25, -0.2) is 4.68 Å². The van der Waals surface area contributed by atoms with Crippen molar-refractivity contribution < 1.29 is 0 Å². The van der Waals surface area contributed by atoms with Crippen LogP contribution in [0.25, 0.3) is 0 Å². The standard InChI is InChI=1S/C16H26BrN3O/c1-4-6-9-20-16(21)15(17)14(10-18-20)19-13-8-7-12(5-2)11(13)3/h10-13,19H,4-9H2,1-3H3. The Hall–Kier alpha value is -0.840. The van der Waals surface area contributed by atoms with E-state index in [2.05, 4.69) is 47.1 Å². The van der Waals surface area contributed by atoms with Gasteiger partial charge in [0.05, 0.1) is 11.9 Å². The fourth-order valence-electron chi connectivity index (χ4n) is 3.26. The van der Waals surface area contributed by atoms with Crippen LogP contribution in [0.15, 0.2) is 15.5 Å². The number of hydrogen-bond donors (Lipinski definition) is 1. The van der Waals surface area contributed by atoms with E-state index in [4.69, 9.17) is 0 Å². The molecule has 0 radical (unpaired) electrons. The summed E-state index contributed by atoms with van der Waals surface area (Å²) >= 11 is 3.45. The summed E-state index contributed by atoms with van der Waals surface area (Å²) in [6.07, 6.45) is 7.50. The molecule has 4 nitrogen and oxygen atoms in total. The Kier molecular flexibility index (Phi) is 5.85. The van der Waals surface area contributed by atoms with E-state index in [0.717, 1.165) is 24.4 Å². The Labute approximate surface area is 135 Å². The second-order valence-electron chi connectivity index (χ2n) is 6.11. The van der Waals surface area contributed by atoms with Crippen LogP contribution in [0.4, 0.5) is 5.69 Å². The van der Waals surface area contributed by atoms with Crippen LogP contribution in [0.5, 0.6) is 0 Å². The largest absolute Gasteiger partial charge is 0.380 e. The van der Waals surface area contributed by atoms with Crippen LogP contribution in [0.1, 0.15) is 52.9 Å². The summed E-state index contributed by atoms with van der Waals surface area (Å²) in [5, 5.41) is 7.82. The van der Waals surface area contributed by atoms with Crippen LogP contribution < -0.4 is 10.9 Å². The molecule has 2 rings (SSSR count). The number of nitrogens with one attached hydrogen (secondary N) is 1. The third kappa shape index (κ3) is 3.68. The lowest BCUT2D eigenvalue weighted by atomic mass is 9.93. The molecule has 0 bridgehead atoms. The predicted octanol–water partition coefficient (Wildman–Crippen LogP) is 4.04. The number of aromatic nitrogens is 2. The molecule has 1 heterocycles. The van der Waals surface area contributed by atoms with Crippen molar-refractivity contribution >= 4 is 21.6 Å². The quantitative estimate of drug-likeness (QED) is 0.837. The molecule has 21 heavy (non-hydrogen) atoms. The number of nitrogens with zero attached hydrogens (tertiary/aromatic N) is 2. The highest BCUT2D eigenvalue weighted by Crippen LogP contribution is 2.36. The molecule has 1 fully saturated rings. The third-order valence-electron chi connectivity index (χ3n) is 4.80. The van der Waals surface area contributed by atoms with E-state index in [1.165, 1.54) is 19.3 Å². The minimum absolute atomic E-state index is 0.0360. The maximum absolute atomic E-state index is 12.3. The molecule has 0 aromatic carbocycles. The normalized spacial score (nSPS) is 25.2. The van der Waals surface area contributed by atoms with Crippen molar-refractivity contribution in [2.45, 2.75) is 65.5 Å². The Balaban J connectivity index is 2.11. The average molecular weight is 356 g/mol. The maximum atomic E-state index is 12.3. The highest BCUT2D eigenvalue weighted by molar-refractivity contribution is 9.10. The number of halogens is 1. The Morgan fingerprint density at radius 3 is 2.81 bits per heavy atom. The van der Waals surface area contributed by atoms with Gasteiger partial charge in [-0.1, -0.05) is 33.6 Å². The first kappa shape index (κ1) is 16.5. The van der Waals surface area contributed by atoms with Crippen molar-refractivity contribution in [2.24, 2.45) is 11.8 Å². The molecule has 118 valence electrons. The lowest BCUT2D eigenvalue weighted by molar-refractivity contribution is 0.391. The molecule has 1 N–H and O–H groups in total. The smallest absolute Gasteiger partial charge is 0.283 e. The molecule has 1 aromatic heterocycles. The van der Waals surface area contributed by atoms with Gasteiger partial charge >= 0.3 is 0 Å². The highest BCUT2D eigenvalue weighted by atomic mass is 79.9. The van der Waals surface area contributed by atoms with Gasteiger partial charge in [-0.05, 0) is 47.0 Å². The topological polar surface area (TPSA) is 46.9 Å². The fraction of sp³-hybridized carbons (Fsp3) is 0.750. The molecule has 1 aliphatic carbocycles. The molecule has 3 unspecified atom stereocenters. The van der Waals surface area contributed by atoms with Gasteiger partial charge in [-0.2, -0.15) is 5.10 Å². The van der Waals surface area contributed by atoms with Gasteiger partial charge in [-0.3, -0.25) is 4.79 Å². The number of hydrogen-bond acceptors (Lipinski definition) is 3.